The van der Waals surface area contributed by atoms with Crippen LogP contribution in [0.15, 0.2) is 57.9 Å². The lowest BCUT2D eigenvalue weighted by atomic mass is 10.1. The van der Waals surface area contributed by atoms with Gasteiger partial charge in [0.05, 0.1) is 5.92 Å². The molecule has 1 atom stereocenters. The van der Waals surface area contributed by atoms with Crippen LogP contribution < -0.4 is 4.90 Å². The molecule has 1 aliphatic heterocycles. The zero-order chi connectivity index (χ0) is 18.1. The van der Waals surface area contributed by atoms with Gasteiger partial charge in [-0.3, -0.25) is 4.79 Å². The van der Waals surface area contributed by atoms with Crippen molar-refractivity contribution in [3.63, 3.8) is 0 Å². The van der Waals surface area contributed by atoms with Crippen molar-refractivity contribution in [3.8, 4) is 11.4 Å². The van der Waals surface area contributed by atoms with E-state index in [1.165, 1.54) is 4.90 Å². The molecular formula is C19H16ClN3O2S. The van der Waals surface area contributed by atoms with Crippen LogP contribution in [0.5, 0.6) is 0 Å². The number of rotatable bonds is 4. The van der Waals surface area contributed by atoms with Crippen LogP contribution in [0, 0.1) is 0 Å². The standard InChI is InChI=1S/C19H16ClN3O2S/c1-26-16-8-6-15(7-9-16)23-11-13(10-17(23)24)19-21-18(22-25-19)12-2-4-14(20)5-3-12/h2-9,13H,10-11H2,1H3. The predicted octanol–water partition coefficient (Wildman–Crippen LogP) is 4.63. The van der Waals surface area contributed by atoms with E-state index in [1.54, 1.807) is 28.8 Å². The van der Waals surface area contributed by atoms with Crippen LogP contribution in [-0.2, 0) is 4.79 Å². The third-order valence-electron chi connectivity index (χ3n) is 4.40. The van der Waals surface area contributed by atoms with Crippen molar-refractivity contribution in [2.24, 2.45) is 0 Å². The second-order valence-corrected chi connectivity index (χ2v) is 7.38. The lowest BCUT2D eigenvalue weighted by molar-refractivity contribution is -0.117. The summed E-state index contributed by atoms with van der Waals surface area (Å²) < 4.78 is 5.43. The summed E-state index contributed by atoms with van der Waals surface area (Å²) in [6.07, 6.45) is 2.40. The molecule has 1 aliphatic rings. The molecule has 26 heavy (non-hydrogen) atoms. The minimum absolute atomic E-state index is 0.0677. The first-order valence-electron chi connectivity index (χ1n) is 8.18. The number of benzene rings is 2. The van der Waals surface area contributed by atoms with E-state index < -0.39 is 0 Å². The average molecular weight is 386 g/mol. The van der Waals surface area contributed by atoms with Crippen molar-refractivity contribution < 1.29 is 9.32 Å². The van der Waals surface area contributed by atoms with Crippen molar-refractivity contribution in [2.45, 2.75) is 17.2 Å². The monoisotopic (exact) mass is 385 g/mol. The summed E-state index contributed by atoms with van der Waals surface area (Å²) in [5.41, 5.74) is 1.73. The van der Waals surface area contributed by atoms with Crippen LogP contribution in [0.2, 0.25) is 5.02 Å². The van der Waals surface area contributed by atoms with Gasteiger partial charge in [-0.25, -0.2) is 0 Å². The fourth-order valence-electron chi connectivity index (χ4n) is 3.00. The van der Waals surface area contributed by atoms with Crippen molar-refractivity contribution in [3.05, 3.63) is 59.4 Å². The number of halogens is 1. The van der Waals surface area contributed by atoms with Gasteiger partial charge in [0, 0.05) is 34.1 Å². The Bertz CT molecular complexity index is 925. The summed E-state index contributed by atoms with van der Waals surface area (Å²) in [6, 6.07) is 15.2. The van der Waals surface area contributed by atoms with Crippen molar-refractivity contribution >= 4 is 35.0 Å². The molecule has 7 heteroatoms. The highest BCUT2D eigenvalue weighted by Crippen LogP contribution is 2.32. The van der Waals surface area contributed by atoms with Gasteiger partial charge >= 0.3 is 0 Å². The summed E-state index contributed by atoms with van der Waals surface area (Å²) >= 11 is 7.58. The van der Waals surface area contributed by atoms with Crippen LogP contribution in [0.1, 0.15) is 18.2 Å². The summed E-state index contributed by atoms with van der Waals surface area (Å²) in [6.45, 7) is 0.541. The van der Waals surface area contributed by atoms with E-state index in [9.17, 15) is 4.79 Å². The number of carbonyl (C=O) groups is 1. The highest BCUT2D eigenvalue weighted by molar-refractivity contribution is 7.98. The van der Waals surface area contributed by atoms with Gasteiger partial charge in [-0.15, -0.1) is 11.8 Å². The number of aromatic nitrogens is 2. The Hall–Kier alpha value is -2.31. The summed E-state index contributed by atoms with van der Waals surface area (Å²) in [4.78, 5) is 19.9. The SMILES string of the molecule is CSc1ccc(N2CC(c3nc(-c4ccc(Cl)cc4)no3)CC2=O)cc1. The third kappa shape index (κ3) is 3.34. The van der Waals surface area contributed by atoms with Crippen LogP contribution in [0.3, 0.4) is 0 Å². The molecule has 1 fully saturated rings. The second kappa shape index (κ2) is 7.13. The first-order chi connectivity index (χ1) is 12.6. The number of nitrogens with zero attached hydrogens (tertiary/aromatic N) is 3. The Labute approximate surface area is 160 Å². The van der Waals surface area contributed by atoms with Gasteiger partial charge in [0.25, 0.3) is 0 Å². The maximum atomic E-state index is 12.4. The van der Waals surface area contributed by atoms with Crippen molar-refractivity contribution in [1.82, 2.24) is 10.1 Å². The fraction of sp³-hybridized carbons (Fsp3) is 0.211. The van der Waals surface area contributed by atoms with Gasteiger partial charge < -0.3 is 9.42 Å². The molecule has 3 aromatic rings. The Morgan fingerprint density at radius 2 is 1.88 bits per heavy atom. The molecule has 0 N–H and O–H groups in total. The minimum Gasteiger partial charge on any atom is -0.339 e. The van der Waals surface area contributed by atoms with Gasteiger partial charge in [-0.2, -0.15) is 4.98 Å². The molecule has 1 saturated heterocycles. The minimum atomic E-state index is -0.101. The zero-order valence-electron chi connectivity index (χ0n) is 14.1. The number of hydrogen-bond acceptors (Lipinski definition) is 5. The zero-order valence-corrected chi connectivity index (χ0v) is 15.6. The predicted molar refractivity (Wildman–Crippen MR) is 103 cm³/mol. The molecule has 0 spiro atoms. The lowest BCUT2D eigenvalue weighted by Crippen LogP contribution is -2.24. The molecule has 0 bridgehead atoms. The maximum absolute atomic E-state index is 12.4. The summed E-state index contributed by atoms with van der Waals surface area (Å²) in [5, 5.41) is 4.70. The second-order valence-electron chi connectivity index (χ2n) is 6.07. The Balaban J connectivity index is 1.52. The van der Waals surface area contributed by atoms with E-state index in [-0.39, 0.29) is 11.8 Å². The molecule has 0 saturated carbocycles. The fourth-order valence-corrected chi connectivity index (χ4v) is 3.54. The van der Waals surface area contributed by atoms with Crippen LogP contribution in [-0.4, -0.2) is 28.8 Å². The summed E-state index contributed by atoms with van der Waals surface area (Å²) in [5.74, 6) is 0.966. The number of hydrogen-bond donors (Lipinski definition) is 0. The first-order valence-corrected chi connectivity index (χ1v) is 9.78. The average Bonchev–Trinajstić information content (AvgIpc) is 3.29. The molecule has 0 aliphatic carbocycles. The van der Waals surface area contributed by atoms with E-state index in [0.717, 1.165) is 11.3 Å². The Morgan fingerprint density at radius 3 is 2.58 bits per heavy atom. The highest BCUT2D eigenvalue weighted by atomic mass is 35.5. The van der Waals surface area contributed by atoms with Gasteiger partial charge in [-0.1, -0.05) is 16.8 Å². The number of thioether (sulfide) groups is 1. The molecule has 1 aromatic heterocycles. The third-order valence-corrected chi connectivity index (χ3v) is 5.40. The number of carbonyl (C=O) groups excluding carboxylic acids is 1. The Kier molecular flexibility index (Phi) is 4.70. The van der Waals surface area contributed by atoms with E-state index >= 15 is 0 Å². The molecule has 2 heterocycles. The topological polar surface area (TPSA) is 59.2 Å². The molecule has 1 unspecified atom stereocenters. The van der Waals surface area contributed by atoms with E-state index in [1.807, 2.05) is 42.7 Å². The van der Waals surface area contributed by atoms with Gasteiger partial charge in [-0.05, 0) is 54.8 Å². The number of anilines is 1. The van der Waals surface area contributed by atoms with Gasteiger partial charge in [0.1, 0.15) is 0 Å². The smallest absolute Gasteiger partial charge is 0.232 e. The molecule has 1 amide bonds. The quantitative estimate of drug-likeness (QED) is 0.612. The van der Waals surface area contributed by atoms with Crippen LogP contribution >= 0.6 is 23.4 Å². The molecule has 2 aromatic carbocycles. The summed E-state index contributed by atoms with van der Waals surface area (Å²) in [7, 11) is 0. The molecular weight excluding hydrogens is 370 g/mol. The van der Waals surface area contributed by atoms with Gasteiger partial charge in [0.2, 0.25) is 17.6 Å². The first kappa shape index (κ1) is 17.1. The lowest BCUT2D eigenvalue weighted by Gasteiger charge is -2.16. The normalized spacial score (nSPS) is 17.1. The van der Waals surface area contributed by atoms with Crippen LogP contribution in [0.25, 0.3) is 11.4 Å². The molecule has 4 rings (SSSR count). The molecule has 132 valence electrons. The maximum Gasteiger partial charge on any atom is 0.232 e. The number of amides is 1. The van der Waals surface area contributed by atoms with Gasteiger partial charge in [0.15, 0.2) is 0 Å². The van der Waals surface area contributed by atoms with E-state index in [0.29, 0.717) is 29.7 Å². The largest absolute Gasteiger partial charge is 0.339 e. The molecule has 5 nitrogen and oxygen atoms in total. The van der Waals surface area contributed by atoms with Crippen molar-refractivity contribution in [2.75, 3.05) is 17.7 Å². The Morgan fingerprint density at radius 1 is 1.15 bits per heavy atom. The molecule has 0 radical (unpaired) electrons. The van der Waals surface area contributed by atoms with E-state index in [4.69, 9.17) is 16.1 Å². The van der Waals surface area contributed by atoms with Crippen molar-refractivity contribution in [1.29, 1.82) is 0 Å². The van der Waals surface area contributed by atoms with E-state index in [2.05, 4.69) is 10.1 Å². The van der Waals surface area contributed by atoms with Crippen LogP contribution in [0.4, 0.5) is 5.69 Å². The highest BCUT2D eigenvalue weighted by Gasteiger charge is 2.35.